The molecule has 156 valence electrons. The molecule has 0 spiro atoms. The predicted octanol–water partition coefficient (Wildman–Crippen LogP) is 2.82. The summed E-state index contributed by atoms with van der Waals surface area (Å²) in [6.07, 6.45) is 0.956. The van der Waals surface area contributed by atoms with Crippen molar-refractivity contribution in [2.45, 2.75) is 34.1 Å². The summed E-state index contributed by atoms with van der Waals surface area (Å²) in [5.41, 5.74) is 2.73. The highest BCUT2D eigenvalue weighted by molar-refractivity contribution is 7.17. The van der Waals surface area contributed by atoms with E-state index in [1.54, 1.807) is 13.8 Å². The van der Waals surface area contributed by atoms with Crippen molar-refractivity contribution in [3.8, 4) is 10.6 Å². The third-order valence-electron chi connectivity index (χ3n) is 4.36. The number of benzene rings is 1. The molecule has 0 aliphatic carbocycles. The van der Waals surface area contributed by atoms with Crippen LogP contribution in [0.15, 0.2) is 24.3 Å². The van der Waals surface area contributed by atoms with Gasteiger partial charge in [-0.15, -0.1) is 11.3 Å². The average Bonchev–Trinajstić information content (AvgIpc) is 3.12. The van der Waals surface area contributed by atoms with Crippen LogP contribution in [0.3, 0.4) is 0 Å². The lowest BCUT2D eigenvalue weighted by atomic mass is 10.1. The first-order chi connectivity index (χ1) is 13.9. The zero-order valence-electron chi connectivity index (χ0n) is 17.3. The summed E-state index contributed by atoms with van der Waals surface area (Å²) in [5.74, 6) is -1.24. The average molecular weight is 418 g/mol. The van der Waals surface area contributed by atoms with Crippen LogP contribution in [0.4, 0.5) is 0 Å². The molecular weight excluding hydrogens is 390 g/mol. The molecule has 0 aliphatic rings. The molecule has 0 bridgehead atoms. The highest BCUT2D eigenvalue weighted by atomic mass is 32.1. The van der Waals surface area contributed by atoms with Crippen molar-refractivity contribution < 1.29 is 19.1 Å². The Morgan fingerprint density at radius 3 is 2.41 bits per heavy atom. The summed E-state index contributed by atoms with van der Waals surface area (Å²) < 4.78 is 5.19. The van der Waals surface area contributed by atoms with Gasteiger partial charge in [-0.2, -0.15) is 0 Å². The number of hydrogen-bond acceptors (Lipinski definition) is 6. The van der Waals surface area contributed by atoms with Crippen molar-refractivity contribution in [1.82, 2.24) is 15.2 Å². The van der Waals surface area contributed by atoms with Gasteiger partial charge in [-0.05, 0) is 32.8 Å². The molecule has 1 aromatic heterocycles. The summed E-state index contributed by atoms with van der Waals surface area (Å²) in [6.45, 7) is 7.78. The Kier molecular flexibility index (Phi) is 8.33. The number of ether oxygens (including phenoxy) is 1. The zero-order valence-corrected chi connectivity index (χ0v) is 18.1. The summed E-state index contributed by atoms with van der Waals surface area (Å²) in [6, 6.07) is 8.04. The highest BCUT2D eigenvalue weighted by Gasteiger charge is 2.21. The zero-order chi connectivity index (χ0) is 21.4. The second-order valence-electron chi connectivity index (χ2n) is 6.42. The predicted molar refractivity (Wildman–Crippen MR) is 113 cm³/mol. The maximum Gasteiger partial charge on any atom is 0.350 e. The minimum absolute atomic E-state index is 0.0573. The SMILES string of the molecule is CCNC(=O)CN(CC)C(=O)COC(=O)c1sc(-c2ccc(CC)cc2)nc1C. The van der Waals surface area contributed by atoms with Crippen LogP contribution in [0.5, 0.6) is 0 Å². The minimum Gasteiger partial charge on any atom is -0.451 e. The molecule has 0 saturated carbocycles. The van der Waals surface area contributed by atoms with Gasteiger partial charge in [0.25, 0.3) is 5.91 Å². The number of thiazole rings is 1. The molecule has 0 unspecified atom stereocenters. The molecule has 7 nitrogen and oxygen atoms in total. The fourth-order valence-corrected chi connectivity index (χ4v) is 3.64. The van der Waals surface area contributed by atoms with E-state index in [0.717, 1.165) is 17.0 Å². The number of likely N-dealkylation sites (N-methyl/N-ethyl adjacent to an activating group) is 2. The molecule has 2 aromatic rings. The van der Waals surface area contributed by atoms with Gasteiger partial charge in [0.2, 0.25) is 5.91 Å². The van der Waals surface area contributed by atoms with Gasteiger partial charge < -0.3 is 15.0 Å². The molecule has 1 aromatic carbocycles. The Labute approximate surface area is 175 Å². The molecule has 0 atom stereocenters. The maximum absolute atomic E-state index is 12.4. The molecule has 0 saturated heterocycles. The number of rotatable bonds is 9. The lowest BCUT2D eigenvalue weighted by molar-refractivity contribution is -0.138. The van der Waals surface area contributed by atoms with Gasteiger partial charge in [-0.3, -0.25) is 9.59 Å². The van der Waals surface area contributed by atoms with E-state index in [-0.39, 0.29) is 12.5 Å². The van der Waals surface area contributed by atoms with E-state index in [4.69, 9.17) is 4.74 Å². The lowest BCUT2D eigenvalue weighted by Crippen LogP contribution is -2.42. The summed E-state index contributed by atoms with van der Waals surface area (Å²) >= 11 is 1.24. The van der Waals surface area contributed by atoms with Crippen LogP contribution < -0.4 is 5.32 Å². The molecule has 0 aliphatic heterocycles. The van der Waals surface area contributed by atoms with Crippen molar-refractivity contribution in [3.05, 3.63) is 40.4 Å². The number of amides is 2. The first kappa shape index (κ1) is 22.5. The number of carbonyl (C=O) groups is 3. The number of nitrogens with one attached hydrogen (secondary N) is 1. The van der Waals surface area contributed by atoms with Crippen molar-refractivity contribution in [2.75, 3.05) is 26.2 Å². The Hall–Kier alpha value is -2.74. The second-order valence-corrected chi connectivity index (χ2v) is 7.42. The van der Waals surface area contributed by atoms with Gasteiger partial charge in [0.05, 0.1) is 12.2 Å². The van der Waals surface area contributed by atoms with Gasteiger partial charge in [0, 0.05) is 18.7 Å². The second kappa shape index (κ2) is 10.7. The van der Waals surface area contributed by atoms with Crippen LogP contribution in [0.2, 0.25) is 0 Å². The molecule has 1 N–H and O–H groups in total. The van der Waals surface area contributed by atoms with Gasteiger partial charge >= 0.3 is 5.97 Å². The third-order valence-corrected chi connectivity index (χ3v) is 5.55. The van der Waals surface area contributed by atoms with Crippen molar-refractivity contribution in [1.29, 1.82) is 0 Å². The number of esters is 1. The standard InChI is InChI=1S/C21H27N3O4S/c1-5-15-8-10-16(11-9-15)20-23-14(4)19(29-20)21(27)28-13-18(26)24(7-3)12-17(25)22-6-2/h8-11H,5-7,12-13H2,1-4H3,(H,22,25). The molecule has 2 amide bonds. The van der Waals surface area contributed by atoms with Gasteiger partial charge in [0.1, 0.15) is 9.88 Å². The lowest BCUT2D eigenvalue weighted by Gasteiger charge is -2.19. The molecule has 0 fully saturated rings. The summed E-state index contributed by atoms with van der Waals surface area (Å²) in [5, 5.41) is 3.37. The van der Waals surface area contributed by atoms with Gasteiger partial charge in [-0.1, -0.05) is 31.2 Å². The van der Waals surface area contributed by atoms with Crippen LogP contribution in [0, 0.1) is 6.92 Å². The molecular formula is C21H27N3O4S. The molecule has 8 heteroatoms. The minimum atomic E-state index is -0.584. The number of carbonyl (C=O) groups excluding carboxylic acids is 3. The van der Waals surface area contributed by atoms with Crippen molar-refractivity contribution in [3.63, 3.8) is 0 Å². The first-order valence-corrected chi connectivity index (χ1v) is 10.5. The van der Waals surface area contributed by atoms with Crippen LogP contribution >= 0.6 is 11.3 Å². The summed E-state index contributed by atoms with van der Waals surface area (Å²) in [4.78, 5) is 42.6. The van der Waals surface area contributed by atoms with E-state index < -0.39 is 18.5 Å². The monoisotopic (exact) mass is 417 g/mol. The van der Waals surface area contributed by atoms with Gasteiger partial charge in [0.15, 0.2) is 6.61 Å². The fourth-order valence-electron chi connectivity index (χ4n) is 2.68. The van der Waals surface area contributed by atoms with Crippen LogP contribution in [-0.4, -0.2) is 53.9 Å². The maximum atomic E-state index is 12.4. The number of aryl methyl sites for hydroxylation is 2. The Bertz CT molecular complexity index is 861. The normalized spacial score (nSPS) is 10.5. The Balaban J connectivity index is 2.00. The van der Waals surface area contributed by atoms with Gasteiger partial charge in [-0.25, -0.2) is 9.78 Å². The number of aromatic nitrogens is 1. The smallest absolute Gasteiger partial charge is 0.350 e. The largest absolute Gasteiger partial charge is 0.451 e. The van der Waals surface area contributed by atoms with E-state index in [1.165, 1.54) is 21.8 Å². The summed E-state index contributed by atoms with van der Waals surface area (Å²) in [7, 11) is 0. The van der Waals surface area contributed by atoms with Crippen LogP contribution in [-0.2, 0) is 20.7 Å². The molecule has 2 rings (SSSR count). The topological polar surface area (TPSA) is 88.6 Å². The van der Waals surface area contributed by atoms with Crippen LogP contribution in [0.25, 0.3) is 10.6 Å². The van der Waals surface area contributed by atoms with Crippen LogP contribution in [0.1, 0.15) is 41.7 Å². The van der Waals surface area contributed by atoms with E-state index in [0.29, 0.717) is 23.7 Å². The van der Waals surface area contributed by atoms with E-state index in [2.05, 4.69) is 17.2 Å². The van der Waals surface area contributed by atoms with Crippen molar-refractivity contribution >= 4 is 29.1 Å². The number of nitrogens with zero attached hydrogens (tertiary/aromatic N) is 2. The molecule has 0 radical (unpaired) electrons. The number of hydrogen-bond donors (Lipinski definition) is 1. The molecule has 1 heterocycles. The Morgan fingerprint density at radius 2 is 1.83 bits per heavy atom. The Morgan fingerprint density at radius 1 is 1.14 bits per heavy atom. The van der Waals surface area contributed by atoms with E-state index in [9.17, 15) is 14.4 Å². The van der Waals surface area contributed by atoms with E-state index in [1.807, 2.05) is 31.2 Å². The highest BCUT2D eigenvalue weighted by Crippen LogP contribution is 2.28. The van der Waals surface area contributed by atoms with Crippen molar-refractivity contribution in [2.24, 2.45) is 0 Å². The quantitative estimate of drug-likeness (QED) is 0.634. The van der Waals surface area contributed by atoms with E-state index >= 15 is 0 Å². The molecule has 29 heavy (non-hydrogen) atoms. The first-order valence-electron chi connectivity index (χ1n) is 9.67. The third kappa shape index (κ3) is 6.12. The fraction of sp³-hybridized carbons (Fsp3) is 0.429.